The number of carbonyl (C=O) groups is 2. The van der Waals surface area contributed by atoms with Crippen LogP contribution in [0.15, 0.2) is 18.2 Å². The molecule has 1 aromatic rings. The maximum absolute atomic E-state index is 12.9. The van der Waals surface area contributed by atoms with Gasteiger partial charge >= 0.3 is 6.03 Å². The lowest BCUT2D eigenvalue weighted by molar-refractivity contribution is -0.148. The first-order valence-electron chi connectivity index (χ1n) is 11.9. The molecule has 2 heterocycles. The SMILES string of the molecule is COc1ccc(C)c([C@]23CC4CN(CCC(C)C)[C@H]4[C@]2(O)CC[C@@]2(C3)NC(=O)NC2=O)c1. The molecule has 1 spiro atoms. The number of rotatable bonds is 5. The van der Waals surface area contributed by atoms with Crippen LogP contribution in [0.1, 0.15) is 57.1 Å². The number of carbonyl (C=O) groups excluding carboxylic acids is 2. The Labute approximate surface area is 189 Å². The monoisotopic (exact) mass is 441 g/mol. The Balaban J connectivity index is 1.60. The summed E-state index contributed by atoms with van der Waals surface area (Å²) in [6.07, 6.45) is 3.26. The van der Waals surface area contributed by atoms with Crippen molar-refractivity contribution < 1.29 is 19.4 Å². The second-order valence-electron chi connectivity index (χ2n) is 10.9. The van der Waals surface area contributed by atoms with Gasteiger partial charge in [-0.1, -0.05) is 19.9 Å². The number of hydrogen-bond donors (Lipinski definition) is 3. The van der Waals surface area contributed by atoms with Gasteiger partial charge in [0.25, 0.3) is 5.91 Å². The van der Waals surface area contributed by atoms with Gasteiger partial charge in [-0.3, -0.25) is 15.0 Å². The molecule has 2 saturated carbocycles. The molecule has 2 saturated heterocycles. The summed E-state index contributed by atoms with van der Waals surface area (Å²) in [5.74, 6) is 1.48. The smallest absolute Gasteiger partial charge is 0.322 e. The van der Waals surface area contributed by atoms with Crippen molar-refractivity contribution in [1.29, 1.82) is 0 Å². The third-order valence-corrected chi connectivity index (χ3v) is 8.74. The van der Waals surface area contributed by atoms with Crippen LogP contribution in [-0.4, -0.2) is 59.3 Å². The molecule has 4 aliphatic rings. The standard InChI is InChI=1S/C25H35N3O4/c1-15(2)7-10-28-13-17-12-23(19-11-18(32-4)6-5-16(19)3)14-24(21(29)26-22(30)27-24)8-9-25(23,31)20(17)28/h5-6,11,15,17,20,31H,7-10,12-14H2,1-4H3,(H2,26,27,29,30)/t17?,20-,23-,24+,25-/m1/s1. The van der Waals surface area contributed by atoms with Crippen LogP contribution in [0.5, 0.6) is 5.75 Å². The first-order chi connectivity index (χ1) is 15.1. The summed E-state index contributed by atoms with van der Waals surface area (Å²) in [5.41, 5.74) is -0.416. The van der Waals surface area contributed by atoms with Crippen LogP contribution in [0.3, 0.4) is 0 Å². The second-order valence-corrected chi connectivity index (χ2v) is 10.9. The summed E-state index contributed by atoms with van der Waals surface area (Å²) in [6, 6.07) is 5.67. The molecular formula is C25H35N3O4. The summed E-state index contributed by atoms with van der Waals surface area (Å²) in [6.45, 7) is 8.49. The number of methoxy groups -OCH3 is 1. The van der Waals surface area contributed by atoms with Gasteiger partial charge in [0, 0.05) is 18.0 Å². The average Bonchev–Trinajstić information content (AvgIpc) is 3.10. The number of fused-ring (bicyclic) bond motifs is 3. The molecular weight excluding hydrogens is 406 g/mol. The lowest BCUT2D eigenvalue weighted by Gasteiger charge is -2.57. The number of ether oxygens (including phenoxy) is 1. The van der Waals surface area contributed by atoms with Gasteiger partial charge in [-0.25, -0.2) is 4.79 Å². The highest BCUT2D eigenvalue weighted by Gasteiger charge is 2.73. The zero-order valence-corrected chi connectivity index (χ0v) is 19.5. The number of benzene rings is 1. The predicted octanol–water partition coefficient (Wildman–Crippen LogP) is 2.48. The van der Waals surface area contributed by atoms with Crippen molar-refractivity contribution in [3.63, 3.8) is 0 Å². The third kappa shape index (κ3) is 2.86. The first kappa shape index (κ1) is 21.7. The Morgan fingerprint density at radius 3 is 2.72 bits per heavy atom. The molecule has 3 amide bonds. The van der Waals surface area contributed by atoms with Crippen molar-refractivity contribution >= 4 is 11.9 Å². The van der Waals surface area contributed by atoms with E-state index in [1.807, 2.05) is 18.2 Å². The van der Waals surface area contributed by atoms with Crippen molar-refractivity contribution in [3.8, 4) is 5.75 Å². The lowest BCUT2D eigenvalue weighted by Crippen LogP contribution is -2.70. The molecule has 7 nitrogen and oxygen atoms in total. The van der Waals surface area contributed by atoms with Gasteiger partial charge in [-0.05, 0) is 80.7 Å². The molecule has 2 aliphatic heterocycles. The fourth-order valence-corrected chi connectivity index (χ4v) is 7.24. The lowest BCUT2D eigenvalue weighted by atomic mass is 9.55. The largest absolute Gasteiger partial charge is 0.497 e. The predicted molar refractivity (Wildman–Crippen MR) is 121 cm³/mol. The molecule has 0 radical (unpaired) electrons. The van der Waals surface area contributed by atoms with E-state index in [2.05, 4.69) is 36.3 Å². The molecule has 5 atom stereocenters. The molecule has 7 heteroatoms. The summed E-state index contributed by atoms with van der Waals surface area (Å²) in [5, 5.41) is 17.9. The normalized spacial score (nSPS) is 38.3. The van der Waals surface area contributed by atoms with E-state index >= 15 is 0 Å². The average molecular weight is 442 g/mol. The molecule has 4 fully saturated rings. The molecule has 174 valence electrons. The van der Waals surface area contributed by atoms with Crippen molar-refractivity contribution in [2.24, 2.45) is 11.8 Å². The number of likely N-dealkylation sites (tertiary alicyclic amines) is 1. The minimum atomic E-state index is -0.967. The topological polar surface area (TPSA) is 90.9 Å². The Kier molecular flexibility index (Phi) is 4.88. The van der Waals surface area contributed by atoms with Crippen molar-refractivity contribution in [2.45, 2.75) is 75.5 Å². The molecule has 0 aromatic heterocycles. The number of nitrogens with one attached hydrogen (secondary N) is 2. The van der Waals surface area contributed by atoms with Crippen LogP contribution >= 0.6 is 0 Å². The van der Waals surface area contributed by atoms with Gasteiger partial charge in [0.2, 0.25) is 0 Å². The minimum Gasteiger partial charge on any atom is -0.497 e. The zero-order chi connectivity index (χ0) is 22.9. The van der Waals surface area contributed by atoms with Crippen LogP contribution in [-0.2, 0) is 10.2 Å². The maximum Gasteiger partial charge on any atom is 0.322 e. The second kappa shape index (κ2) is 7.19. The van der Waals surface area contributed by atoms with Crippen LogP contribution < -0.4 is 15.4 Å². The van der Waals surface area contributed by atoms with E-state index in [4.69, 9.17) is 4.74 Å². The quantitative estimate of drug-likeness (QED) is 0.611. The van der Waals surface area contributed by atoms with Gasteiger partial charge in [0.05, 0.1) is 12.7 Å². The van der Waals surface area contributed by atoms with E-state index in [0.717, 1.165) is 42.8 Å². The Morgan fingerprint density at radius 1 is 1.28 bits per heavy atom. The van der Waals surface area contributed by atoms with Crippen molar-refractivity contribution in [1.82, 2.24) is 15.5 Å². The number of nitrogens with zero attached hydrogens (tertiary/aromatic N) is 1. The first-order valence-corrected chi connectivity index (χ1v) is 11.9. The van der Waals surface area contributed by atoms with E-state index in [-0.39, 0.29) is 11.9 Å². The minimum absolute atomic E-state index is 0.0874. The molecule has 1 aromatic carbocycles. The van der Waals surface area contributed by atoms with Gasteiger partial charge in [-0.2, -0.15) is 0 Å². The molecule has 3 N–H and O–H groups in total. The summed E-state index contributed by atoms with van der Waals surface area (Å²) >= 11 is 0. The number of amides is 3. The number of hydrogen-bond acceptors (Lipinski definition) is 5. The zero-order valence-electron chi connectivity index (χ0n) is 19.5. The van der Waals surface area contributed by atoms with Crippen molar-refractivity contribution in [3.05, 3.63) is 29.3 Å². The number of aliphatic hydroxyl groups is 1. The summed E-state index contributed by atoms with van der Waals surface area (Å²) in [7, 11) is 1.65. The molecule has 0 bridgehead atoms. The molecule has 32 heavy (non-hydrogen) atoms. The van der Waals surface area contributed by atoms with E-state index < -0.39 is 22.6 Å². The van der Waals surface area contributed by atoms with Crippen molar-refractivity contribution in [2.75, 3.05) is 20.2 Å². The van der Waals surface area contributed by atoms with Crippen LogP contribution in [0.25, 0.3) is 0 Å². The van der Waals surface area contributed by atoms with E-state index in [0.29, 0.717) is 31.1 Å². The number of imide groups is 1. The molecule has 5 rings (SSSR count). The van der Waals surface area contributed by atoms with E-state index in [1.54, 1.807) is 7.11 Å². The highest BCUT2D eigenvalue weighted by molar-refractivity contribution is 6.07. The molecule has 2 aliphatic carbocycles. The number of aryl methyl sites for hydroxylation is 1. The van der Waals surface area contributed by atoms with E-state index in [9.17, 15) is 14.7 Å². The fourth-order valence-electron chi connectivity index (χ4n) is 7.24. The highest BCUT2D eigenvalue weighted by atomic mass is 16.5. The highest BCUT2D eigenvalue weighted by Crippen LogP contribution is 2.65. The van der Waals surface area contributed by atoms with Gasteiger partial charge in [-0.15, -0.1) is 0 Å². The summed E-state index contributed by atoms with van der Waals surface area (Å²) in [4.78, 5) is 27.5. The fraction of sp³-hybridized carbons (Fsp3) is 0.680. The number of urea groups is 1. The third-order valence-electron chi connectivity index (χ3n) is 8.74. The van der Waals surface area contributed by atoms with Gasteiger partial charge in [0.1, 0.15) is 11.3 Å². The maximum atomic E-state index is 12.9. The van der Waals surface area contributed by atoms with Gasteiger partial charge in [0.15, 0.2) is 0 Å². The van der Waals surface area contributed by atoms with E-state index in [1.165, 1.54) is 0 Å². The van der Waals surface area contributed by atoms with Gasteiger partial charge < -0.3 is 15.2 Å². The van der Waals surface area contributed by atoms with Crippen LogP contribution in [0.2, 0.25) is 0 Å². The Hall–Kier alpha value is -2.12. The van der Waals surface area contributed by atoms with Crippen LogP contribution in [0.4, 0.5) is 4.79 Å². The Bertz CT molecular complexity index is 965. The molecule has 1 unspecified atom stereocenters. The van der Waals surface area contributed by atoms with Crippen LogP contribution in [0, 0.1) is 18.8 Å². The summed E-state index contributed by atoms with van der Waals surface area (Å²) < 4.78 is 5.55. The Morgan fingerprint density at radius 2 is 2.06 bits per heavy atom.